The van der Waals surface area contributed by atoms with Crippen LogP contribution in [0.5, 0.6) is 0 Å². The minimum absolute atomic E-state index is 0.0502. The Morgan fingerprint density at radius 1 is 1.43 bits per heavy atom. The summed E-state index contributed by atoms with van der Waals surface area (Å²) >= 11 is 0. The van der Waals surface area contributed by atoms with Crippen LogP contribution in [0.2, 0.25) is 0 Å². The fraction of sp³-hybridized carbons (Fsp3) is 0.786. The molecule has 21 heavy (non-hydrogen) atoms. The number of carbonyl (C=O) groups is 1. The zero-order chi connectivity index (χ0) is 16.4. The van der Waals surface area contributed by atoms with Gasteiger partial charge in [-0.05, 0) is 39.2 Å². The highest BCUT2D eigenvalue weighted by Crippen LogP contribution is 2.30. The van der Waals surface area contributed by atoms with E-state index >= 15 is 0 Å². The van der Waals surface area contributed by atoms with E-state index in [2.05, 4.69) is 0 Å². The van der Waals surface area contributed by atoms with Crippen LogP contribution in [0.4, 0.5) is 0 Å². The molecule has 0 N–H and O–H groups in total. The van der Waals surface area contributed by atoms with Crippen LogP contribution < -0.4 is 0 Å². The maximum Gasteiger partial charge on any atom is 0.340 e. The van der Waals surface area contributed by atoms with Crippen molar-refractivity contribution in [2.24, 2.45) is 5.92 Å². The lowest BCUT2D eigenvalue weighted by Crippen LogP contribution is -2.46. The minimum Gasteiger partial charge on any atom is -0.465 e. The van der Waals surface area contributed by atoms with Gasteiger partial charge in [0.05, 0.1) is 12.2 Å². The number of hydrogen-bond donors (Lipinski definition) is 0. The van der Waals surface area contributed by atoms with E-state index in [4.69, 9.17) is 8.92 Å². The zero-order valence-corrected chi connectivity index (χ0v) is 14.4. The summed E-state index contributed by atoms with van der Waals surface area (Å²) in [6.45, 7) is 10.8. The number of ether oxygens (including phenoxy) is 1. The summed E-state index contributed by atoms with van der Waals surface area (Å²) in [5, 5.41) is 0. The van der Waals surface area contributed by atoms with E-state index in [9.17, 15) is 13.2 Å². The van der Waals surface area contributed by atoms with Crippen molar-refractivity contribution in [2.45, 2.75) is 53.2 Å². The SMILES string of the molecule is CCOC(=O)[C@@H]1C(C(C)C)=CCN1S(=O)(=O)OC(C)(C)C. The summed E-state index contributed by atoms with van der Waals surface area (Å²) in [5.74, 6) is -0.509. The number of esters is 1. The van der Waals surface area contributed by atoms with Crippen molar-refractivity contribution in [3.8, 4) is 0 Å². The van der Waals surface area contributed by atoms with Gasteiger partial charge in [0.25, 0.3) is 0 Å². The van der Waals surface area contributed by atoms with Crippen LogP contribution in [0, 0.1) is 5.92 Å². The molecule has 1 aliphatic rings. The van der Waals surface area contributed by atoms with Crippen molar-refractivity contribution in [1.82, 2.24) is 4.31 Å². The number of nitrogens with zero attached hydrogens (tertiary/aromatic N) is 1. The Labute approximate surface area is 127 Å². The highest BCUT2D eigenvalue weighted by Gasteiger charge is 2.44. The molecule has 6 nitrogen and oxygen atoms in total. The van der Waals surface area contributed by atoms with Crippen LogP contribution >= 0.6 is 0 Å². The van der Waals surface area contributed by atoms with Gasteiger partial charge < -0.3 is 4.74 Å². The van der Waals surface area contributed by atoms with Crippen LogP contribution in [0.25, 0.3) is 0 Å². The van der Waals surface area contributed by atoms with Gasteiger partial charge in [0, 0.05) is 6.54 Å². The number of rotatable bonds is 5. The predicted molar refractivity (Wildman–Crippen MR) is 79.8 cm³/mol. The molecule has 0 aromatic rings. The molecule has 7 heteroatoms. The molecule has 0 aromatic heterocycles. The van der Waals surface area contributed by atoms with Crippen LogP contribution in [-0.2, 0) is 24.0 Å². The summed E-state index contributed by atoms with van der Waals surface area (Å²) in [4.78, 5) is 12.2. The molecule has 0 spiro atoms. The second-order valence-electron chi connectivity index (χ2n) is 6.24. The largest absolute Gasteiger partial charge is 0.465 e. The van der Waals surface area contributed by atoms with E-state index in [-0.39, 0.29) is 19.1 Å². The molecule has 0 aliphatic carbocycles. The van der Waals surface area contributed by atoms with Gasteiger partial charge in [0.15, 0.2) is 0 Å². The van der Waals surface area contributed by atoms with Gasteiger partial charge in [-0.3, -0.25) is 4.18 Å². The van der Waals surface area contributed by atoms with Gasteiger partial charge in [-0.25, -0.2) is 4.79 Å². The van der Waals surface area contributed by atoms with Crippen LogP contribution in [0.3, 0.4) is 0 Å². The number of carbonyl (C=O) groups excluding carboxylic acids is 1. The summed E-state index contributed by atoms with van der Waals surface area (Å²) in [6, 6.07) is -0.933. The second kappa shape index (κ2) is 6.46. The fourth-order valence-corrected chi connectivity index (χ4v) is 3.64. The quantitative estimate of drug-likeness (QED) is 0.571. The van der Waals surface area contributed by atoms with Crippen molar-refractivity contribution < 1.29 is 22.1 Å². The van der Waals surface area contributed by atoms with E-state index in [1.54, 1.807) is 33.8 Å². The Morgan fingerprint density at radius 3 is 2.43 bits per heavy atom. The Bertz CT molecular complexity index is 516. The second-order valence-corrected chi connectivity index (χ2v) is 7.73. The molecule has 0 unspecified atom stereocenters. The lowest BCUT2D eigenvalue weighted by atomic mass is 9.98. The van der Waals surface area contributed by atoms with Gasteiger partial charge >= 0.3 is 16.3 Å². The van der Waals surface area contributed by atoms with Gasteiger partial charge in [0.1, 0.15) is 6.04 Å². The van der Waals surface area contributed by atoms with Gasteiger partial charge in [0.2, 0.25) is 0 Å². The van der Waals surface area contributed by atoms with E-state index in [0.29, 0.717) is 0 Å². The zero-order valence-electron chi connectivity index (χ0n) is 13.5. The molecule has 0 saturated carbocycles. The van der Waals surface area contributed by atoms with Crippen LogP contribution in [0.1, 0.15) is 41.5 Å². The summed E-state index contributed by atoms with van der Waals surface area (Å²) in [6.07, 6.45) is 1.76. The molecule has 1 rings (SSSR count). The lowest BCUT2D eigenvalue weighted by molar-refractivity contribution is -0.146. The Morgan fingerprint density at radius 2 is 2.00 bits per heavy atom. The summed E-state index contributed by atoms with van der Waals surface area (Å²) in [7, 11) is -4.02. The molecular weight excluding hydrogens is 294 g/mol. The van der Waals surface area contributed by atoms with Gasteiger partial charge in [-0.1, -0.05) is 19.9 Å². The average Bonchev–Trinajstić information content (AvgIpc) is 2.70. The molecule has 1 aliphatic heterocycles. The molecule has 1 heterocycles. The van der Waals surface area contributed by atoms with Crippen molar-refractivity contribution in [1.29, 1.82) is 0 Å². The monoisotopic (exact) mass is 319 g/mol. The van der Waals surface area contributed by atoms with E-state index in [0.717, 1.165) is 9.88 Å². The van der Waals surface area contributed by atoms with Crippen molar-refractivity contribution in [2.75, 3.05) is 13.2 Å². The predicted octanol–water partition coefficient (Wildman–Crippen LogP) is 1.88. The third-order valence-electron chi connectivity index (χ3n) is 2.93. The molecule has 0 radical (unpaired) electrons. The molecule has 0 saturated heterocycles. The molecule has 0 amide bonds. The standard InChI is InChI=1S/C14H25NO5S/c1-7-19-13(16)12-11(10(2)3)8-9-15(12)21(17,18)20-14(4,5)6/h8,10,12H,7,9H2,1-6H3/t12-/m0/s1. The Balaban J connectivity index is 3.10. The first-order chi connectivity index (χ1) is 9.49. The molecule has 0 aromatic carbocycles. The third kappa shape index (κ3) is 4.52. The first-order valence-corrected chi connectivity index (χ1v) is 8.45. The van der Waals surface area contributed by atoms with E-state index < -0.39 is 27.9 Å². The van der Waals surface area contributed by atoms with Crippen LogP contribution in [-0.4, -0.2) is 43.5 Å². The van der Waals surface area contributed by atoms with Crippen LogP contribution in [0.15, 0.2) is 11.6 Å². The maximum atomic E-state index is 12.4. The maximum absolute atomic E-state index is 12.4. The third-order valence-corrected chi connectivity index (χ3v) is 4.57. The van der Waals surface area contributed by atoms with E-state index in [1.807, 2.05) is 13.8 Å². The molecule has 0 fully saturated rings. The molecule has 0 bridgehead atoms. The van der Waals surface area contributed by atoms with Gasteiger partial charge in [-0.2, -0.15) is 12.7 Å². The smallest absolute Gasteiger partial charge is 0.340 e. The topological polar surface area (TPSA) is 72.9 Å². The lowest BCUT2D eigenvalue weighted by Gasteiger charge is -2.28. The molecule has 122 valence electrons. The average molecular weight is 319 g/mol. The van der Waals surface area contributed by atoms with Crippen molar-refractivity contribution in [3.63, 3.8) is 0 Å². The first-order valence-electron chi connectivity index (χ1n) is 7.08. The summed E-state index contributed by atoms with van der Waals surface area (Å²) in [5.41, 5.74) is -0.118. The van der Waals surface area contributed by atoms with E-state index in [1.165, 1.54) is 0 Å². The number of hydrogen-bond acceptors (Lipinski definition) is 5. The molecular formula is C14H25NO5S. The van der Waals surface area contributed by atoms with Gasteiger partial charge in [-0.15, -0.1) is 0 Å². The normalized spacial score (nSPS) is 20.7. The Hall–Kier alpha value is -0.920. The van der Waals surface area contributed by atoms with Crippen molar-refractivity contribution in [3.05, 3.63) is 11.6 Å². The fourth-order valence-electron chi connectivity index (χ4n) is 2.19. The first kappa shape index (κ1) is 18.1. The highest BCUT2D eigenvalue weighted by molar-refractivity contribution is 7.84. The van der Waals surface area contributed by atoms with Crippen molar-refractivity contribution >= 4 is 16.3 Å². The Kier molecular flexibility index (Phi) is 5.57. The highest BCUT2D eigenvalue weighted by atomic mass is 32.2. The minimum atomic E-state index is -4.02. The molecule has 1 atom stereocenters. The summed E-state index contributed by atoms with van der Waals surface area (Å²) < 4.78 is 36.0.